The Morgan fingerprint density at radius 3 is 2.60 bits per heavy atom. The molecule has 20 heavy (non-hydrogen) atoms. The van der Waals surface area contributed by atoms with Crippen molar-refractivity contribution >= 4 is 21.6 Å². The second kappa shape index (κ2) is 6.91. The zero-order valence-electron chi connectivity index (χ0n) is 12.0. The van der Waals surface area contributed by atoms with E-state index in [9.17, 15) is 0 Å². The average Bonchev–Trinajstić information content (AvgIpc) is 2.43. The van der Waals surface area contributed by atoms with Crippen LogP contribution in [0.2, 0.25) is 0 Å². The van der Waals surface area contributed by atoms with Crippen LogP contribution < -0.4 is 11.1 Å². The van der Waals surface area contributed by atoms with E-state index in [1.54, 1.807) is 0 Å². The van der Waals surface area contributed by atoms with E-state index in [1.165, 1.54) is 16.7 Å². The van der Waals surface area contributed by atoms with Crippen molar-refractivity contribution in [3.8, 4) is 0 Å². The first-order valence-electron chi connectivity index (χ1n) is 6.95. The Kier molecular flexibility index (Phi) is 5.21. The summed E-state index contributed by atoms with van der Waals surface area (Å²) in [7, 11) is 0. The fourth-order valence-corrected chi connectivity index (χ4v) is 3.09. The number of halogens is 1. The van der Waals surface area contributed by atoms with E-state index in [4.69, 9.17) is 5.73 Å². The summed E-state index contributed by atoms with van der Waals surface area (Å²) in [4.78, 5) is 0. The third kappa shape index (κ3) is 3.62. The van der Waals surface area contributed by atoms with Crippen molar-refractivity contribution in [3.63, 3.8) is 0 Å². The molecule has 1 unspecified atom stereocenters. The molecular formula is C17H21BrN2. The lowest BCUT2D eigenvalue weighted by molar-refractivity contribution is 0.777. The second-order valence-corrected chi connectivity index (χ2v) is 5.92. The predicted molar refractivity (Wildman–Crippen MR) is 90.1 cm³/mol. The molecule has 2 rings (SSSR count). The lowest BCUT2D eigenvalue weighted by Gasteiger charge is -2.21. The van der Waals surface area contributed by atoms with Gasteiger partial charge in [0.2, 0.25) is 0 Å². The van der Waals surface area contributed by atoms with Crippen LogP contribution in [0.25, 0.3) is 0 Å². The van der Waals surface area contributed by atoms with Gasteiger partial charge in [-0.25, -0.2) is 0 Å². The molecule has 0 fully saturated rings. The summed E-state index contributed by atoms with van der Waals surface area (Å²) in [6.45, 7) is 4.84. The van der Waals surface area contributed by atoms with Gasteiger partial charge >= 0.3 is 0 Å². The number of benzene rings is 2. The van der Waals surface area contributed by atoms with Crippen LogP contribution in [-0.4, -0.2) is 6.54 Å². The van der Waals surface area contributed by atoms with Crippen molar-refractivity contribution in [3.05, 3.63) is 63.6 Å². The van der Waals surface area contributed by atoms with Crippen molar-refractivity contribution in [2.24, 2.45) is 5.73 Å². The van der Waals surface area contributed by atoms with Gasteiger partial charge in [0.15, 0.2) is 0 Å². The summed E-state index contributed by atoms with van der Waals surface area (Å²) in [5, 5.41) is 3.55. The smallest absolute Gasteiger partial charge is 0.0638 e. The van der Waals surface area contributed by atoms with E-state index in [1.807, 2.05) is 0 Å². The van der Waals surface area contributed by atoms with E-state index in [2.05, 4.69) is 77.6 Å². The number of anilines is 1. The maximum absolute atomic E-state index is 5.98. The van der Waals surface area contributed by atoms with Crippen LogP contribution in [-0.2, 0) is 6.42 Å². The van der Waals surface area contributed by atoms with Crippen molar-refractivity contribution in [2.75, 3.05) is 11.9 Å². The van der Waals surface area contributed by atoms with Crippen molar-refractivity contribution in [1.82, 2.24) is 0 Å². The standard InChI is InChI=1S/C17H21BrN2/c1-3-13-6-4-5-7-16(13)17(11-19)20-15-9-12(2)8-14(18)10-15/h4-10,17,20H,3,11,19H2,1-2H3. The highest BCUT2D eigenvalue weighted by Gasteiger charge is 2.13. The fourth-order valence-electron chi connectivity index (χ4n) is 2.48. The van der Waals surface area contributed by atoms with Crippen molar-refractivity contribution < 1.29 is 0 Å². The third-order valence-corrected chi connectivity index (χ3v) is 3.89. The Hall–Kier alpha value is -1.32. The van der Waals surface area contributed by atoms with Crippen LogP contribution in [0.3, 0.4) is 0 Å². The van der Waals surface area contributed by atoms with Gasteiger partial charge in [0.25, 0.3) is 0 Å². The first-order valence-corrected chi connectivity index (χ1v) is 7.75. The Morgan fingerprint density at radius 2 is 1.95 bits per heavy atom. The molecule has 2 aromatic rings. The van der Waals surface area contributed by atoms with Gasteiger partial charge in [-0.15, -0.1) is 0 Å². The number of rotatable bonds is 5. The summed E-state index contributed by atoms with van der Waals surface area (Å²) >= 11 is 3.54. The average molecular weight is 333 g/mol. The molecule has 0 saturated heterocycles. The zero-order chi connectivity index (χ0) is 14.5. The van der Waals surface area contributed by atoms with Crippen LogP contribution >= 0.6 is 15.9 Å². The second-order valence-electron chi connectivity index (χ2n) is 5.00. The predicted octanol–water partition coefficient (Wildman–Crippen LogP) is 4.43. The van der Waals surface area contributed by atoms with Gasteiger partial charge < -0.3 is 11.1 Å². The highest BCUT2D eigenvalue weighted by molar-refractivity contribution is 9.10. The van der Waals surface area contributed by atoms with Crippen molar-refractivity contribution in [2.45, 2.75) is 26.3 Å². The topological polar surface area (TPSA) is 38.0 Å². The minimum absolute atomic E-state index is 0.139. The monoisotopic (exact) mass is 332 g/mol. The first kappa shape index (κ1) is 15.1. The molecule has 0 heterocycles. The Bertz CT molecular complexity index is 561. The molecule has 0 amide bonds. The van der Waals surface area contributed by atoms with E-state index in [0.29, 0.717) is 6.54 Å². The third-order valence-electron chi connectivity index (χ3n) is 3.43. The van der Waals surface area contributed by atoms with Gasteiger partial charge in [-0.2, -0.15) is 0 Å². The van der Waals surface area contributed by atoms with E-state index in [0.717, 1.165) is 16.6 Å². The molecule has 2 aromatic carbocycles. The highest BCUT2D eigenvalue weighted by Crippen LogP contribution is 2.25. The largest absolute Gasteiger partial charge is 0.377 e. The molecule has 2 nitrogen and oxygen atoms in total. The molecule has 3 N–H and O–H groups in total. The molecule has 3 heteroatoms. The Morgan fingerprint density at radius 1 is 1.20 bits per heavy atom. The van der Waals surface area contributed by atoms with Gasteiger partial charge in [0, 0.05) is 16.7 Å². The zero-order valence-corrected chi connectivity index (χ0v) is 13.6. The minimum atomic E-state index is 0.139. The van der Waals surface area contributed by atoms with Gasteiger partial charge in [-0.1, -0.05) is 47.1 Å². The number of hydrogen-bond acceptors (Lipinski definition) is 2. The number of aryl methyl sites for hydroxylation is 2. The minimum Gasteiger partial charge on any atom is -0.377 e. The maximum atomic E-state index is 5.98. The number of nitrogens with two attached hydrogens (primary N) is 1. The molecule has 0 bridgehead atoms. The summed E-state index contributed by atoms with van der Waals surface area (Å²) < 4.78 is 1.08. The molecule has 1 atom stereocenters. The molecule has 0 spiro atoms. The highest BCUT2D eigenvalue weighted by atomic mass is 79.9. The summed E-state index contributed by atoms with van der Waals surface area (Å²) in [5.74, 6) is 0. The van der Waals surface area contributed by atoms with Crippen molar-refractivity contribution in [1.29, 1.82) is 0 Å². The van der Waals surface area contributed by atoms with Gasteiger partial charge in [-0.3, -0.25) is 0 Å². The lowest BCUT2D eigenvalue weighted by Crippen LogP contribution is -2.21. The van der Waals surface area contributed by atoms with Crippen LogP contribution in [0, 0.1) is 6.92 Å². The number of hydrogen-bond donors (Lipinski definition) is 2. The maximum Gasteiger partial charge on any atom is 0.0638 e. The molecule has 0 saturated carbocycles. The molecule has 106 valence electrons. The molecule has 0 aliphatic carbocycles. The Balaban J connectivity index is 2.28. The molecular weight excluding hydrogens is 312 g/mol. The fraction of sp³-hybridized carbons (Fsp3) is 0.294. The summed E-state index contributed by atoms with van der Waals surface area (Å²) in [6.07, 6.45) is 1.02. The SMILES string of the molecule is CCc1ccccc1C(CN)Nc1cc(C)cc(Br)c1. The van der Waals surface area contributed by atoms with E-state index >= 15 is 0 Å². The molecule has 0 aromatic heterocycles. The molecule has 0 radical (unpaired) electrons. The lowest BCUT2D eigenvalue weighted by atomic mass is 9.98. The van der Waals surface area contributed by atoms with Gasteiger partial charge in [0.05, 0.1) is 6.04 Å². The quantitative estimate of drug-likeness (QED) is 0.849. The van der Waals surface area contributed by atoms with Crippen LogP contribution in [0.4, 0.5) is 5.69 Å². The van der Waals surface area contributed by atoms with E-state index < -0.39 is 0 Å². The normalized spacial score (nSPS) is 12.2. The number of nitrogens with one attached hydrogen (secondary N) is 1. The molecule has 0 aliphatic rings. The van der Waals surface area contributed by atoms with Crippen LogP contribution in [0.1, 0.15) is 29.7 Å². The molecule has 0 aliphatic heterocycles. The van der Waals surface area contributed by atoms with Crippen LogP contribution in [0.5, 0.6) is 0 Å². The first-order chi connectivity index (χ1) is 9.63. The summed E-state index contributed by atoms with van der Waals surface area (Å²) in [5.41, 5.74) is 10.9. The van der Waals surface area contributed by atoms with Gasteiger partial charge in [0.1, 0.15) is 0 Å². The Labute approximate surface area is 129 Å². The summed E-state index contributed by atoms with van der Waals surface area (Å²) in [6, 6.07) is 15.0. The van der Waals surface area contributed by atoms with Crippen LogP contribution in [0.15, 0.2) is 46.9 Å². The van der Waals surface area contributed by atoms with Gasteiger partial charge in [-0.05, 0) is 48.2 Å². The van der Waals surface area contributed by atoms with E-state index in [-0.39, 0.29) is 6.04 Å².